The fourth-order valence-corrected chi connectivity index (χ4v) is 4.82. The van der Waals surface area contributed by atoms with Crippen LogP contribution in [0.2, 0.25) is 0 Å². The van der Waals surface area contributed by atoms with Crippen molar-refractivity contribution in [2.75, 3.05) is 7.11 Å². The Bertz CT molecular complexity index is 2030. The highest BCUT2D eigenvalue weighted by molar-refractivity contribution is 14.1. The van der Waals surface area contributed by atoms with Crippen LogP contribution in [0.15, 0.2) is 99.4 Å². The molecule has 0 aliphatic heterocycles. The van der Waals surface area contributed by atoms with E-state index in [1.807, 2.05) is 30.3 Å². The van der Waals surface area contributed by atoms with E-state index in [4.69, 9.17) is 18.9 Å². The molecule has 0 N–H and O–H groups in total. The second-order valence-corrected chi connectivity index (χ2v) is 9.86. The quantitative estimate of drug-likeness (QED) is 0.0832. The van der Waals surface area contributed by atoms with Crippen molar-refractivity contribution in [2.45, 2.75) is 0 Å². The van der Waals surface area contributed by atoms with E-state index in [1.165, 1.54) is 16.8 Å². The Morgan fingerprint density at radius 3 is 2.63 bits per heavy atom. The van der Waals surface area contributed by atoms with Gasteiger partial charge in [-0.25, -0.2) is 9.97 Å². The maximum absolute atomic E-state index is 13.5. The van der Waals surface area contributed by atoms with E-state index in [2.05, 4.69) is 32.7 Å². The number of aromatic nitrogens is 3. The number of hydrogen-bond donors (Lipinski definition) is 0. The van der Waals surface area contributed by atoms with Crippen LogP contribution >= 0.6 is 22.6 Å². The molecule has 0 fully saturated rings. The Balaban J connectivity index is 1.37. The highest BCUT2D eigenvalue weighted by atomic mass is 127. The predicted molar refractivity (Wildman–Crippen MR) is 161 cm³/mol. The van der Waals surface area contributed by atoms with Gasteiger partial charge in [0.15, 0.2) is 5.76 Å². The van der Waals surface area contributed by atoms with Gasteiger partial charge < -0.3 is 13.9 Å². The minimum atomic E-state index is -0.526. The second kappa shape index (κ2) is 10.8. The fraction of sp³-hybridized carbons (Fsp3) is 0.0345. The van der Waals surface area contributed by atoms with Crippen LogP contribution in [0.3, 0.4) is 0 Å². The van der Waals surface area contributed by atoms with Gasteiger partial charge in [-0.05, 0) is 76.7 Å². The van der Waals surface area contributed by atoms with Gasteiger partial charge in [-0.2, -0.15) is 9.78 Å². The second-order valence-electron chi connectivity index (χ2n) is 8.70. The van der Waals surface area contributed by atoms with Gasteiger partial charge >= 0.3 is 0 Å². The summed E-state index contributed by atoms with van der Waals surface area (Å²) in [5.41, 5.74) is 1.31. The van der Waals surface area contributed by atoms with Gasteiger partial charge in [-0.15, -0.1) is 0 Å². The standard InChI is InChI=1S/C29H18IN5O6/c1-39-23-7-4-8-24-20(23)14-26(40-24)28-33-22-6-3-2-5-19(22)29(36)34(28)32-15-17-9-11-25(21(30)13-17)41-27-12-10-18(16-31-27)35(37)38/h2-16H,1H3. The largest absolute Gasteiger partial charge is 0.496 e. The summed E-state index contributed by atoms with van der Waals surface area (Å²) in [6.45, 7) is 0. The minimum absolute atomic E-state index is 0.127. The third-order valence-electron chi connectivity index (χ3n) is 6.14. The molecular formula is C29H18IN5O6. The zero-order valence-corrected chi connectivity index (χ0v) is 23.4. The molecule has 12 heteroatoms. The third-order valence-corrected chi connectivity index (χ3v) is 6.98. The lowest BCUT2D eigenvalue weighted by molar-refractivity contribution is -0.385. The van der Waals surface area contributed by atoms with Crippen LogP contribution in [0, 0.1) is 13.7 Å². The predicted octanol–water partition coefficient (Wildman–Crippen LogP) is 6.40. The summed E-state index contributed by atoms with van der Waals surface area (Å²) in [7, 11) is 1.58. The number of benzene rings is 3. The number of nitrogens with zero attached hydrogens (tertiary/aromatic N) is 5. The van der Waals surface area contributed by atoms with E-state index in [-0.39, 0.29) is 23.0 Å². The first kappa shape index (κ1) is 26.1. The van der Waals surface area contributed by atoms with E-state index >= 15 is 0 Å². The van der Waals surface area contributed by atoms with Crippen LogP contribution in [0.4, 0.5) is 5.69 Å². The Morgan fingerprint density at radius 1 is 1.02 bits per heavy atom. The van der Waals surface area contributed by atoms with E-state index in [0.717, 1.165) is 15.2 Å². The molecule has 0 spiro atoms. The molecule has 41 heavy (non-hydrogen) atoms. The molecule has 202 valence electrons. The number of hydrogen-bond acceptors (Lipinski definition) is 9. The molecule has 0 aliphatic rings. The molecule has 0 saturated carbocycles. The molecule has 6 rings (SSSR count). The van der Waals surface area contributed by atoms with Crippen LogP contribution in [0.1, 0.15) is 5.56 Å². The first-order valence-electron chi connectivity index (χ1n) is 12.1. The average molecular weight is 659 g/mol. The summed E-state index contributed by atoms with van der Waals surface area (Å²) in [4.78, 5) is 32.6. The molecule has 0 radical (unpaired) electrons. The van der Waals surface area contributed by atoms with Crippen molar-refractivity contribution in [3.63, 3.8) is 0 Å². The van der Waals surface area contributed by atoms with Crippen molar-refractivity contribution in [2.24, 2.45) is 5.10 Å². The summed E-state index contributed by atoms with van der Waals surface area (Å²) in [5, 5.41) is 16.5. The number of halogens is 1. The Morgan fingerprint density at radius 2 is 1.88 bits per heavy atom. The highest BCUT2D eigenvalue weighted by Gasteiger charge is 2.18. The van der Waals surface area contributed by atoms with Crippen molar-refractivity contribution in [1.29, 1.82) is 0 Å². The highest BCUT2D eigenvalue weighted by Crippen LogP contribution is 2.33. The fourth-order valence-electron chi connectivity index (χ4n) is 4.17. The molecule has 0 aliphatic carbocycles. The maximum Gasteiger partial charge on any atom is 0.287 e. The first-order chi connectivity index (χ1) is 19.9. The number of para-hydroxylation sites is 1. The molecule has 3 aromatic carbocycles. The van der Waals surface area contributed by atoms with Crippen molar-refractivity contribution in [1.82, 2.24) is 14.6 Å². The van der Waals surface area contributed by atoms with Gasteiger partial charge in [0.1, 0.15) is 23.3 Å². The molecular weight excluding hydrogens is 641 g/mol. The summed E-state index contributed by atoms with van der Waals surface area (Å²) in [5.74, 6) is 1.96. The van der Waals surface area contributed by atoms with E-state index < -0.39 is 4.92 Å². The van der Waals surface area contributed by atoms with Crippen LogP contribution in [0.5, 0.6) is 17.4 Å². The molecule has 0 saturated heterocycles. The summed E-state index contributed by atoms with van der Waals surface area (Å²) in [6, 6.07) is 22.3. The van der Waals surface area contributed by atoms with Crippen LogP contribution in [-0.4, -0.2) is 32.9 Å². The van der Waals surface area contributed by atoms with Gasteiger partial charge in [0.25, 0.3) is 11.2 Å². The number of rotatable bonds is 7. The van der Waals surface area contributed by atoms with Crippen molar-refractivity contribution >= 4 is 56.4 Å². The molecule has 3 aromatic heterocycles. The monoisotopic (exact) mass is 659 g/mol. The lowest BCUT2D eigenvalue weighted by Gasteiger charge is -2.08. The molecule has 11 nitrogen and oxygen atoms in total. The Kier molecular flexibility index (Phi) is 6.89. The van der Waals surface area contributed by atoms with E-state index in [9.17, 15) is 14.9 Å². The summed E-state index contributed by atoms with van der Waals surface area (Å²) < 4.78 is 19.3. The minimum Gasteiger partial charge on any atom is -0.496 e. The van der Waals surface area contributed by atoms with E-state index in [1.54, 1.807) is 49.7 Å². The topological polar surface area (TPSA) is 135 Å². The number of methoxy groups -OCH3 is 1. The molecule has 0 amide bonds. The smallest absolute Gasteiger partial charge is 0.287 e. The number of pyridine rings is 1. The zero-order chi connectivity index (χ0) is 28.5. The molecule has 0 atom stereocenters. The van der Waals surface area contributed by atoms with Crippen molar-refractivity contribution < 1.29 is 18.8 Å². The zero-order valence-electron chi connectivity index (χ0n) is 21.2. The SMILES string of the molecule is COc1cccc2oc(-c3nc4ccccc4c(=O)n3N=Cc3ccc(Oc4ccc([N+](=O)[O-])cn4)c(I)c3)cc12. The normalized spacial score (nSPS) is 11.4. The molecule has 0 bridgehead atoms. The van der Waals surface area contributed by atoms with Gasteiger partial charge in [0.2, 0.25) is 11.7 Å². The van der Waals surface area contributed by atoms with Crippen molar-refractivity contribution in [3.8, 4) is 29.0 Å². The van der Waals surface area contributed by atoms with Crippen LogP contribution in [-0.2, 0) is 0 Å². The molecule has 0 unspecified atom stereocenters. The van der Waals surface area contributed by atoms with Gasteiger partial charge in [-0.3, -0.25) is 14.9 Å². The first-order valence-corrected chi connectivity index (χ1v) is 13.2. The van der Waals surface area contributed by atoms with E-state index in [0.29, 0.717) is 39.3 Å². The van der Waals surface area contributed by atoms with Crippen LogP contribution in [0.25, 0.3) is 33.5 Å². The Hall–Kier alpha value is -5.11. The number of fused-ring (bicyclic) bond motifs is 2. The van der Waals surface area contributed by atoms with Gasteiger partial charge in [-0.1, -0.05) is 18.2 Å². The number of furan rings is 1. The van der Waals surface area contributed by atoms with Crippen LogP contribution < -0.4 is 15.0 Å². The number of ether oxygens (including phenoxy) is 2. The van der Waals surface area contributed by atoms with Gasteiger partial charge in [0, 0.05) is 12.1 Å². The summed E-state index contributed by atoms with van der Waals surface area (Å²) in [6.07, 6.45) is 2.68. The van der Waals surface area contributed by atoms with Crippen molar-refractivity contribution in [3.05, 3.63) is 115 Å². The lowest BCUT2D eigenvalue weighted by Crippen LogP contribution is -2.20. The molecule has 6 aromatic rings. The third kappa shape index (κ3) is 5.12. The Labute approximate surface area is 245 Å². The molecule has 3 heterocycles. The maximum atomic E-state index is 13.5. The summed E-state index contributed by atoms with van der Waals surface area (Å²) >= 11 is 2.10. The lowest BCUT2D eigenvalue weighted by atomic mass is 10.2. The average Bonchev–Trinajstić information content (AvgIpc) is 3.43. The van der Waals surface area contributed by atoms with Gasteiger partial charge in [0.05, 0.1) is 38.1 Å². The number of nitro groups is 1.